The van der Waals surface area contributed by atoms with E-state index in [9.17, 15) is 5.11 Å². The molecule has 0 amide bonds. The third kappa shape index (κ3) is 2.79. The molecule has 0 saturated carbocycles. The van der Waals surface area contributed by atoms with Crippen LogP contribution in [-0.2, 0) is 0 Å². The van der Waals surface area contributed by atoms with Gasteiger partial charge in [0.25, 0.3) is 0 Å². The third-order valence-corrected chi connectivity index (χ3v) is 1.73. The van der Waals surface area contributed by atoms with Gasteiger partial charge in [0.1, 0.15) is 11.5 Å². The largest absolute Gasteiger partial charge is 0.508 e. The zero-order valence-corrected chi connectivity index (χ0v) is 8.47. The van der Waals surface area contributed by atoms with Gasteiger partial charge in [-0.1, -0.05) is 0 Å². The quantitative estimate of drug-likeness (QED) is 0.771. The van der Waals surface area contributed by atoms with Crippen LogP contribution in [0.1, 0.15) is 18.5 Å². The smallest absolute Gasteiger partial charge is 0.120 e. The average Bonchev–Trinajstić information content (AvgIpc) is 2.05. The molecule has 74 valence electrons. The molecule has 1 aromatic carbocycles. The summed E-state index contributed by atoms with van der Waals surface area (Å²) < 4.78 is 4.99. The molecule has 0 aliphatic heterocycles. The molecule has 1 atom stereocenters. The van der Waals surface area contributed by atoms with Crippen molar-refractivity contribution < 1.29 is 9.84 Å². The second-order valence-corrected chi connectivity index (χ2v) is 2.71. The third-order valence-electron chi connectivity index (χ3n) is 1.73. The topological polar surface area (TPSA) is 55.5 Å². The minimum atomic E-state index is -0.180. The van der Waals surface area contributed by atoms with Crippen LogP contribution in [0.3, 0.4) is 0 Å². The zero-order valence-electron chi connectivity index (χ0n) is 7.65. The maximum absolute atomic E-state index is 9.37. The minimum absolute atomic E-state index is 0. The summed E-state index contributed by atoms with van der Waals surface area (Å²) in [5, 5.41) is 9.37. The molecule has 0 unspecified atom stereocenters. The van der Waals surface area contributed by atoms with Crippen molar-refractivity contribution in [3.05, 3.63) is 23.8 Å². The Labute approximate surface area is 83.9 Å². The van der Waals surface area contributed by atoms with Crippen LogP contribution in [0.4, 0.5) is 0 Å². The summed E-state index contributed by atoms with van der Waals surface area (Å²) in [5.74, 6) is 0.922. The summed E-state index contributed by atoms with van der Waals surface area (Å²) in [6.07, 6.45) is 0. The summed E-state index contributed by atoms with van der Waals surface area (Å²) in [6, 6.07) is 4.83. The van der Waals surface area contributed by atoms with Crippen molar-refractivity contribution >= 4 is 12.4 Å². The molecule has 0 fully saturated rings. The first-order valence-corrected chi connectivity index (χ1v) is 3.77. The van der Waals surface area contributed by atoms with E-state index in [4.69, 9.17) is 10.5 Å². The summed E-state index contributed by atoms with van der Waals surface area (Å²) in [7, 11) is 1.58. The Morgan fingerprint density at radius 2 is 2.08 bits per heavy atom. The minimum Gasteiger partial charge on any atom is -0.508 e. The van der Waals surface area contributed by atoms with Gasteiger partial charge >= 0.3 is 0 Å². The lowest BCUT2D eigenvalue weighted by molar-refractivity contribution is 0.410. The molecule has 0 spiro atoms. The standard InChI is InChI=1S/C9H13NO2.ClH/c1-6(10)8-5-7(12-2)3-4-9(8)11;/h3-6,11H,10H2,1-2H3;1H/t6-;/m1./s1. The van der Waals surface area contributed by atoms with Gasteiger partial charge in [0.2, 0.25) is 0 Å². The number of ether oxygens (including phenoxy) is 1. The van der Waals surface area contributed by atoms with E-state index in [1.807, 2.05) is 6.92 Å². The van der Waals surface area contributed by atoms with E-state index in [2.05, 4.69) is 0 Å². The molecule has 13 heavy (non-hydrogen) atoms. The predicted molar refractivity (Wildman–Crippen MR) is 54.5 cm³/mol. The highest BCUT2D eigenvalue weighted by molar-refractivity contribution is 5.85. The molecule has 0 bridgehead atoms. The van der Waals surface area contributed by atoms with E-state index in [0.29, 0.717) is 11.3 Å². The van der Waals surface area contributed by atoms with Gasteiger partial charge in [0.15, 0.2) is 0 Å². The van der Waals surface area contributed by atoms with E-state index >= 15 is 0 Å². The fraction of sp³-hybridized carbons (Fsp3) is 0.333. The van der Waals surface area contributed by atoms with Gasteiger partial charge in [-0.25, -0.2) is 0 Å². The number of hydrogen-bond donors (Lipinski definition) is 2. The zero-order chi connectivity index (χ0) is 9.14. The normalized spacial score (nSPS) is 11.6. The maximum atomic E-state index is 9.37. The van der Waals surface area contributed by atoms with Gasteiger partial charge in [0.05, 0.1) is 7.11 Å². The summed E-state index contributed by atoms with van der Waals surface area (Å²) >= 11 is 0. The fourth-order valence-electron chi connectivity index (χ4n) is 1.02. The van der Waals surface area contributed by atoms with E-state index in [0.717, 1.165) is 0 Å². The molecule has 1 rings (SSSR count). The summed E-state index contributed by atoms with van der Waals surface area (Å²) in [6.45, 7) is 1.81. The van der Waals surface area contributed by atoms with E-state index < -0.39 is 0 Å². The molecule has 4 heteroatoms. The second kappa shape index (κ2) is 4.94. The number of phenols is 1. The fourth-order valence-corrected chi connectivity index (χ4v) is 1.02. The predicted octanol–water partition coefficient (Wildman–Crippen LogP) is 1.84. The number of rotatable bonds is 2. The van der Waals surface area contributed by atoms with Crippen LogP contribution in [0.15, 0.2) is 18.2 Å². The average molecular weight is 204 g/mol. The number of nitrogens with two attached hydrogens (primary N) is 1. The molecule has 0 aliphatic carbocycles. The van der Waals surface area contributed by atoms with Crippen LogP contribution in [0.5, 0.6) is 11.5 Å². The van der Waals surface area contributed by atoms with Crippen molar-refractivity contribution in [1.82, 2.24) is 0 Å². The monoisotopic (exact) mass is 203 g/mol. The van der Waals surface area contributed by atoms with Gasteiger partial charge in [-0.05, 0) is 25.1 Å². The van der Waals surface area contributed by atoms with Gasteiger partial charge in [-0.3, -0.25) is 0 Å². The highest BCUT2D eigenvalue weighted by Crippen LogP contribution is 2.26. The van der Waals surface area contributed by atoms with Crippen molar-refractivity contribution in [2.45, 2.75) is 13.0 Å². The molecular formula is C9H14ClNO2. The summed E-state index contributed by atoms with van der Waals surface area (Å²) in [4.78, 5) is 0. The van der Waals surface area contributed by atoms with Crippen molar-refractivity contribution in [3.8, 4) is 11.5 Å². The number of aromatic hydroxyl groups is 1. The van der Waals surface area contributed by atoms with Crippen molar-refractivity contribution in [2.75, 3.05) is 7.11 Å². The first kappa shape index (κ1) is 12.1. The van der Waals surface area contributed by atoms with Gasteiger partial charge in [-0.2, -0.15) is 0 Å². The Kier molecular flexibility index (Phi) is 4.59. The van der Waals surface area contributed by atoms with Crippen LogP contribution in [0.2, 0.25) is 0 Å². The van der Waals surface area contributed by atoms with Crippen LogP contribution < -0.4 is 10.5 Å². The second-order valence-electron chi connectivity index (χ2n) is 2.71. The van der Waals surface area contributed by atoms with E-state index in [1.165, 1.54) is 0 Å². The maximum Gasteiger partial charge on any atom is 0.120 e. The van der Waals surface area contributed by atoms with Crippen molar-refractivity contribution in [1.29, 1.82) is 0 Å². The lowest BCUT2D eigenvalue weighted by atomic mass is 10.1. The highest BCUT2D eigenvalue weighted by Gasteiger charge is 2.06. The van der Waals surface area contributed by atoms with Gasteiger partial charge in [0, 0.05) is 11.6 Å². The van der Waals surface area contributed by atoms with Crippen LogP contribution in [0, 0.1) is 0 Å². The first-order chi connectivity index (χ1) is 5.65. The molecule has 1 aromatic rings. The van der Waals surface area contributed by atoms with E-state index in [-0.39, 0.29) is 24.2 Å². The molecule has 0 aliphatic rings. The lowest BCUT2D eigenvalue weighted by Crippen LogP contribution is -2.05. The highest BCUT2D eigenvalue weighted by atomic mass is 35.5. The van der Waals surface area contributed by atoms with Crippen molar-refractivity contribution in [2.24, 2.45) is 5.73 Å². The molecule has 0 aromatic heterocycles. The Bertz CT molecular complexity index is 276. The Morgan fingerprint density at radius 3 is 2.54 bits per heavy atom. The first-order valence-electron chi connectivity index (χ1n) is 3.77. The van der Waals surface area contributed by atoms with Gasteiger partial charge in [-0.15, -0.1) is 12.4 Å². The molecule has 3 N–H and O–H groups in total. The number of halogens is 1. The molecule has 0 heterocycles. The number of phenolic OH excluding ortho intramolecular Hbond substituents is 1. The number of methoxy groups -OCH3 is 1. The Balaban J connectivity index is 0.00000144. The Morgan fingerprint density at radius 1 is 1.46 bits per heavy atom. The SMILES string of the molecule is COc1ccc(O)c([C@@H](C)N)c1.Cl. The van der Waals surface area contributed by atoms with Crippen molar-refractivity contribution in [3.63, 3.8) is 0 Å². The van der Waals surface area contributed by atoms with E-state index in [1.54, 1.807) is 25.3 Å². The molecule has 0 radical (unpaired) electrons. The van der Waals surface area contributed by atoms with Gasteiger partial charge < -0.3 is 15.6 Å². The van der Waals surface area contributed by atoms with Crippen LogP contribution in [-0.4, -0.2) is 12.2 Å². The lowest BCUT2D eigenvalue weighted by Gasteiger charge is -2.09. The van der Waals surface area contributed by atoms with Crippen LogP contribution >= 0.6 is 12.4 Å². The van der Waals surface area contributed by atoms with Crippen LogP contribution in [0.25, 0.3) is 0 Å². The molecule has 0 saturated heterocycles. The Hall–Kier alpha value is -0.930. The molecular weight excluding hydrogens is 190 g/mol. The number of hydrogen-bond acceptors (Lipinski definition) is 3. The molecule has 3 nitrogen and oxygen atoms in total. The summed E-state index contributed by atoms with van der Waals surface area (Å²) in [5.41, 5.74) is 6.33. The number of benzene rings is 1.